The summed E-state index contributed by atoms with van der Waals surface area (Å²) in [5, 5.41) is 3.82. The first-order valence-corrected chi connectivity index (χ1v) is 10.2. The molecule has 27 heavy (non-hydrogen) atoms. The van der Waals surface area contributed by atoms with Crippen molar-refractivity contribution in [2.24, 2.45) is 16.3 Å². The van der Waals surface area contributed by atoms with Gasteiger partial charge in [0.1, 0.15) is 0 Å². The van der Waals surface area contributed by atoms with Crippen molar-refractivity contribution in [3.8, 4) is 11.5 Å². The van der Waals surface area contributed by atoms with Gasteiger partial charge in [0.25, 0.3) is 0 Å². The zero-order valence-corrected chi connectivity index (χ0v) is 16.2. The molecule has 4 aliphatic rings. The summed E-state index contributed by atoms with van der Waals surface area (Å²) >= 11 is 0. The SMILES string of the molecule is CN=C(NC1C2CCOC2C12CCCC2)N(C)Cc1ccc2c(c1)OCO2. The van der Waals surface area contributed by atoms with Crippen molar-refractivity contribution < 1.29 is 14.2 Å². The third-order valence-corrected chi connectivity index (χ3v) is 7.00. The summed E-state index contributed by atoms with van der Waals surface area (Å²) < 4.78 is 17.0. The maximum absolute atomic E-state index is 6.11. The van der Waals surface area contributed by atoms with Gasteiger partial charge in [0.2, 0.25) is 6.79 Å². The fourth-order valence-electron chi connectivity index (χ4n) is 5.78. The Kier molecular flexibility index (Phi) is 4.19. The lowest BCUT2D eigenvalue weighted by molar-refractivity contribution is -0.125. The number of guanidine groups is 1. The fourth-order valence-corrected chi connectivity index (χ4v) is 5.78. The van der Waals surface area contributed by atoms with E-state index in [-0.39, 0.29) is 0 Å². The number of nitrogens with one attached hydrogen (secondary N) is 1. The molecule has 2 saturated carbocycles. The molecule has 2 aliphatic carbocycles. The Hall–Kier alpha value is -1.95. The molecule has 1 aromatic rings. The van der Waals surface area contributed by atoms with E-state index in [0.29, 0.717) is 30.3 Å². The van der Waals surface area contributed by atoms with Crippen molar-refractivity contribution >= 4 is 5.96 Å². The van der Waals surface area contributed by atoms with Crippen LogP contribution in [0.2, 0.25) is 0 Å². The molecule has 3 unspecified atom stereocenters. The van der Waals surface area contributed by atoms with Crippen LogP contribution in [-0.2, 0) is 11.3 Å². The second-order valence-electron chi connectivity index (χ2n) is 8.40. The predicted molar refractivity (Wildman–Crippen MR) is 103 cm³/mol. The topological polar surface area (TPSA) is 55.3 Å². The zero-order valence-electron chi connectivity index (χ0n) is 16.2. The van der Waals surface area contributed by atoms with Crippen LogP contribution in [0.4, 0.5) is 0 Å². The molecule has 6 heteroatoms. The van der Waals surface area contributed by atoms with E-state index < -0.39 is 0 Å². The second-order valence-corrected chi connectivity index (χ2v) is 8.40. The van der Waals surface area contributed by atoms with Crippen LogP contribution in [0.25, 0.3) is 0 Å². The molecular weight excluding hydrogens is 342 g/mol. The molecule has 146 valence electrons. The van der Waals surface area contributed by atoms with Gasteiger partial charge < -0.3 is 24.4 Å². The van der Waals surface area contributed by atoms with Gasteiger partial charge in [-0.2, -0.15) is 0 Å². The molecule has 3 fully saturated rings. The van der Waals surface area contributed by atoms with Crippen LogP contribution >= 0.6 is 0 Å². The molecule has 5 rings (SSSR count). The lowest BCUT2D eigenvalue weighted by atomic mass is 9.54. The standard InChI is InChI=1S/C21H29N3O3/c1-22-20(24(2)12-14-5-6-16-17(11-14)27-13-26-16)23-18-15-7-10-25-19(15)21(18)8-3-4-9-21/h5-6,11,15,18-19H,3-4,7-10,12-13H2,1-2H3,(H,22,23). The maximum Gasteiger partial charge on any atom is 0.231 e. The van der Waals surface area contributed by atoms with Gasteiger partial charge in [-0.1, -0.05) is 18.9 Å². The molecule has 3 atom stereocenters. The van der Waals surface area contributed by atoms with Gasteiger partial charge in [-0.25, -0.2) is 0 Å². The molecule has 1 saturated heterocycles. The summed E-state index contributed by atoms with van der Waals surface area (Å²) in [4.78, 5) is 6.78. The Morgan fingerprint density at radius 1 is 1.26 bits per heavy atom. The average Bonchev–Trinajstić information content (AvgIpc) is 3.41. The Morgan fingerprint density at radius 3 is 2.89 bits per heavy atom. The lowest BCUT2D eigenvalue weighted by Gasteiger charge is -2.57. The van der Waals surface area contributed by atoms with Crippen molar-refractivity contribution in [1.29, 1.82) is 0 Å². The molecule has 0 radical (unpaired) electrons. The molecule has 2 aliphatic heterocycles. The average molecular weight is 371 g/mol. The van der Waals surface area contributed by atoms with Gasteiger partial charge in [0.15, 0.2) is 17.5 Å². The van der Waals surface area contributed by atoms with Crippen LogP contribution in [0.1, 0.15) is 37.7 Å². The number of benzene rings is 1. The summed E-state index contributed by atoms with van der Waals surface area (Å²) in [6.07, 6.45) is 6.87. The summed E-state index contributed by atoms with van der Waals surface area (Å²) in [6.45, 7) is 2.01. The highest BCUT2D eigenvalue weighted by Gasteiger charge is 2.65. The maximum atomic E-state index is 6.11. The first-order valence-electron chi connectivity index (χ1n) is 10.2. The van der Waals surface area contributed by atoms with Crippen LogP contribution in [-0.4, -0.2) is 50.5 Å². The molecule has 6 nitrogen and oxygen atoms in total. The van der Waals surface area contributed by atoms with E-state index in [1.807, 2.05) is 13.1 Å². The second kappa shape index (κ2) is 6.59. The van der Waals surface area contributed by atoms with Crippen LogP contribution in [0.15, 0.2) is 23.2 Å². The highest BCUT2D eigenvalue weighted by atomic mass is 16.7. The van der Waals surface area contributed by atoms with E-state index >= 15 is 0 Å². The van der Waals surface area contributed by atoms with Crippen molar-refractivity contribution in [2.45, 2.75) is 50.8 Å². The van der Waals surface area contributed by atoms with E-state index in [1.165, 1.54) is 37.7 Å². The summed E-state index contributed by atoms with van der Waals surface area (Å²) in [5.41, 5.74) is 1.52. The van der Waals surface area contributed by atoms with Gasteiger partial charge in [-0.3, -0.25) is 4.99 Å². The fraction of sp³-hybridized carbons (Fsp3) is 0.667. The molecule has 0 aromatic heterocycles. The Bertz CT molecular complexity index is 744. The van der Waals surface area contributed by atoms with Crippen LogP contribution in [0.3, 0.4) is 0 Å². The summed E-state index contributed by atoms with van der Waals surface area (Å²) in [5.74, 6) is 3.26. The molecule has 1 spiro atoms. The van der Waals surface area contributed by atoms with E-state index in [2.05, 4.69) is 34.4 Å². The number of hydrogen-bond acceptors (Lipinski definition) is 4. The van der Waals surface area contributed by atoms with Crippen molar-refractivity contribution in [2.75, 3.05) is 27.5 Å². The highest BCUT2D eigenvalue weighted by Crippen LogP contribution is 2.60. The number of nitrogens with zero attached hydrogens (tertiary/aromatic N) is 2. The minimum atomic E-state index is 0.312. The molecular formula is C21H29N3O3. The summed E-state index contributed by atoms with van der Waals surface area (Å²) in [6, 6.07) is 6.64. The quantitative estimate of drug-likeness (QED) is 0.654. The summed E-state index contributed by atoms with van der Waals surface area (Å²) in [7, 11) is 3.98. The van der Waals surface area contributed by atoms with E-state index in [4.69, 9.17) is 14.2 Å². The van der Waals surface area contributed by atoms with Crippen LogP contribution in [0, 0.1) is 11.3 Å². The largest absolute Gasteiger partial charge is 0.454 e. The number of hydrogen-bond donors (Lipinski definition) is 1. The van der Waals surface area contributed by atoms with Gasteiger partial charge in [-0.15, -0.1) is 0 Å². The minimum absolute atomic E-state index is 0.312. The monoisotopic (exact) mass is 371 g/mol. The zero-order chi connectivity index (χ0) is 18.4. The van der Waals surface area contributed by atoms with Gasteiger partial charge >= 0.3 is 0 Å². The van der Waals surface area contributed by atoms with Crippen molar-refractivity contribution in [1.82, 2.24) is 10.2 Å². The normalized spacial score (nSPS) is 30.3. The van der Waals surface area contributed by atoms with E-state index in [1.54, 1.807) is 0 Å². The molecule has 2 heterocycles. The number of ether oxygens (including phenoxy) is 3. The molecule has 1 N–H and O–H groups in total. The first-order chi connectivity index (χ1) is 13.2. The highest BCUT2D eigenvalue weighted by molar-refractivity contribution is 5.80. The first kappa shape index (κ1) is 17.2. The van der Waals surface area contributed by atoms with Gasteiger partial charge in [0.05, 0.1) is 6.10 Å². The number of fused-ring (bicyclic) bond motifs is 3. The third kappa shape index (κ3) is 2.68. The van der Waals surface area contributed by atoms with Crippen LogP contribution < -0.4 is 14.8 Å². The Morgan fingerprint density at radius 2 is 2.07 bits per heavy atom. The Labute approximate surface area is 160 Å². The Balaban J connectivity index is 1.29. The number of rotatable bonds is 3. The smallest absolute Gasteiger partial charge is 0.231 e. The van der Waals surface area contributed by atoms with E-state index in [9.17, 15) is 0 Å². The molecule has 0 bridgehead atoms. The molecule has 0 amide bonds. The predicted octanol–water partition coefficient (Wildman–Crippen LogP) is 2.77. The van der Waals surface area contributed by atoms with E-state index in [0.717, 1.165) is 30.6 Å². The third-order valence-electron chi connectivity index (χ3n) is 7.00. The lowest BCUT2D eigenvalue weighted by Crippen LogP contribution is -2.69. The van der Waals surface area contributed by atoms with Crippen molar-refractivity contribution in [3.05, 3.63) is 23.8 Å². The number of aliphatic imine (C=N–C) groups is 1. The van der Waals surface area contributed by atoms with Gasteiger partial charge in [0, 0.05) is 44.6 Å². The van der Waals surface area contributed by atoms with Gasteiger partial charge in [-0.05, 0) is 37.0 Å². The minimum Gasteiger partial charge on any atom is -0.454 e. The van der Waals surface area contributed by atoms with Crippen molar-refractivity contribution in [3.63, 3.8) is 0 Å². The van der Waals surface area contributed by atoms with Crippen LogP contribution in [0.5, 0.6) is 11.5 Å². The molecule has 1 aromatic carbocycles.